The van der Waals surface area contributed by atoms with Crippen molar-refractivity contribution in [2.75, 3.05) is 36.5 Å². The van der Waals surface area contributed by atoms with Gasteiger partial charge in [0.05, 0.1) is 42.6 Å². The van der Waals surface area contributed by atoms with E-state index in [1.165, 1.54) is 6.20 Å². The van der Waals surface area contributed by atoms with Gasteiger partial charge in [0.1, 0.15) is 11.4 Å². The lowest BCUT2D eigenvalue weighted by atomic mass is 10.2. The van der Waals surface area contributed by atoms with Crippen LogP contribution in [-0.2, 0) is 9.53 Å². The molecule has 1 fully saturated rings. The first kappa shape index (κ1) is 22.0. The van der Waals surface area contributed by atoms with Crippen LogP contribution in [0.1, 0.15) is 33.3 Å². The van der Waals surface area contributed by atoms with Crippen LogP contribution in [0.2, 0.25) is 0 Å². The Morgan fingerprint density at radius 1 is 1.15 bits per heavy atom. The molecule has 3 aromatic rings. The van der Waals surface area contributed by atoms with E-state index in [-0.39, 0.29) is 18.4 Å². The first-order valence-corrected chi connectivity index (χ1v) is 10.6. The quantitative estimate of drug-likeness (QED) is 0.553. The van der Waals surface area contributed by atoms with Crippen molar-refractivity contribution in [2.45, 2.75) is 13.8 Å². The number of ether oxygens (including phenoxy) is 1. The van der Waals surface area contributed by atoms with Crippen LogP contribution in [0.5, 0.6) is 0 Å². The first-order valence-electron chi connectivity index (χ1n) is 10.6. The number of hydrogen-bond donors (Lipinski definition) is 2. The molecule has 1 aliphatic heterocycles. The lowest BCUT2D eigenvalue weighted by Gasteiger charge is -2.27. The number of rotatable bonds is 6. The van der Waals surface area contributed by atoms with Crippen LogP contribution in [0, 0.1) is 6.92 Å². The molecule has 1 aromatic carbocycles. The lowest BCUT2D eigenvalue weighted by molar-refractivity contribution is -0.120. The maximum absolute atomic E-state index is 12.6. The Morgan fingerprint density at radius 2 is 1.94 bits per heavy atom. The molecule has 0 unspecified atom stereocenters. The van der Waals surface area contributed by atoms with Gasteiger partial charge in [-0.3, -0.25) is 9.59 Å². The topological polar surface area (TPSA) is 118 Å². The van der Waals surface area contributed by atoms with Crippen LogP contribution in [0.4, 0.5) is 11.5 Å². The maximum Gasteiger partial charge on any atom is 0.341 e. The molecule has 10 nitrogen and oxygen atoms in total. The number of esters is 1. The molecule has 0 spiro atoms. The second-order valence-electron chi connectivity index (χ2n) is 7.45. The Labute approximate surface area is 190 Å². The molecule has 170 valence electrons. The molecule has 1 aliphatic rings. The first-order chi connectivity index (χ1) is 16.0. The Morgan fingerprint density at radius 3 is 2.61 bits per heavy atom. The summed E-state index contributed by atoms with van der Waals surface area (Å²) in [6, 6.07) is 10.4. The Kier molecular flexibility index (Phi) is 6.34. The fraction of sp³-hybridized carbons (Fsp3) is 0.261. The molecule has 0 atom stereocenters. The molecule has 0 bridgehead atoms. The van der Waals surface area contributed by atoms with Crippen molar-refractivity contribution >= 4 is 29.3 Å². The van der Waals surface area contributed by atoms with Crippen molar-refractivity contribution in [3.05, 3.63) is 65.6 Å². The number of nitrogens with zero attached hydrogens (tertiary/aromatic N) is 4. The highest BCUT2D eigenvalue weighted by molar-refractivity contribution is 6.04. The number of aromatic nitrogens is 3. The number of hydrogen-bond acceptors (Lipinski definition) is 7. The molecule has 2 aromatic heterocycles. The number of pyridine rings is 1. The van der Waals surface area contributed by atoms with Crippen LogP contribution in [-0.4, -0.2) is 58.8 Å². The van der Waals surface area contributed by atoms with Crippen molar-refractivity contribution < 1.29 is 19.1 Å². The summed E-state index contributed by atoms with van der Waals surface area (Å²) >= 11 is 0. The van der Waals surface area contributed by atoms with Crippen LogP contribution in [0.15, 0.2) is 48.8 Å². The van der Waals surface area contributed by atoms with Gasteiger partial charge >= 0.3 is 5.97 Å². The van der Waals surface area contributed by atoms with E-state index < -0.39 is 5.97 Å². The summed E-state index contributed by atoms with van der Waals surface area (Å²) in [6.45, 7) is 5.36. The summed E-state index contributed by atoms with van der Waals surface area (Å²) < 4.78 is 6.66. The second kappa shape index (κ2) is 9.51. The fourth-order valence-corrected chi connectivity index (χ4v) is 3.52. The maximum atomic E-state index is 12.6. The van der Waals surface area contributed by atoms with Crippen molar-refractivity contribution in [3.8, 4) is 5.69 Å². The number of carbonyl (C=O) groups excluding carboxylic acids is 3. The summed E-state index contributed by atoms with van der Waals surface area (Å²) in [5.74, 6) is -0.0476. The van der Waals surface area contributed by atoms with Gasteiger partial charge in [-0.25, -0.2) is 14.5 Å². The zero-order chi connectivity index (χ0) is 23.4. The minimum Gasteiger partial charge on any atom is -0.462 e. The highest BCUT2D eigenvalue weighted by Gasteiger charge is 2.18. The summed E-state index contributed by atoms with van der Waals surface area (Å²) in [7, 11) is 0. The van der Waals surface area contributed by atoms with E-state index in [2.05, 4.69) is 20.7 Å². The summed E-state index contributed by atoms with van der Waals surface area (Å²) in [4.78, 5) is 42.4. The zero-order valence-corrected chi connectivity index (χ0v) is 18.4. The highest BCUT2D eigenvalue weighted by Crippen LogP contribution is 2.18. The Bertz CT molecular complexity index is 1170. The second-order valence-corrected chi connectivity index (χ2v) is 7.45. The van der Waals surface area contributed by atoms with E-state index in [9.17, 15) is 14.4 Å². The van der Waals surface area contributed by atoms with Crippen LogP contribution in [0.25, 0.3) is 5.69 Å². The third kappa shape index (κ3) is 4.84. The SMILES string of the molecule is CCOC(=O)c1cnn(-c2ccc(C(=O)Nc3ccc(N4CCNC(=O)C4)nc3)cc2)c1C. The smallest absolute Gasteiger partial charge is 0.341 e. The molecule has 33 heavy (non-hydrogen) atoms. The van der Waals surface area contributed by atoms with E-state index in [1.54, 1.807) is 61.1 Å². The van der Waals surface area contributed by atoms with E-state index in [4.69, 9.17) is 4.74 Å². The predicted molar refractivity (Wildman–Crippen MR) is 122 cm³/mol. The highest BCUT2D eigenvalue weighted by atomic mass is 16.5. The van der Waals surface area contributed by atoms with Gasteiger partial charge in [0.15, 0.2) is 0 Å². The molecule has 10 heteroatoms. The number of anilines is 2. The lowest BCUT2D eigenvalue weighted by Crippen LogP contribution is -2.48. The minimum absolute atomic E-state index is 0.0358. The molecule has 4 rings (SSSR count). The van der Waals surface area contributed by atoms with Crippen molar-refractivity contribution in [1.29, 1.82) is 0 Å². The minimum atomic E-state index is -0.416. The summed E-state index contributed by atoms with van der Waals surface area (Å²) in [5, 5.41) is 9.85. The van der Waals surface area contributed by atoms with E-state index in [0.29, 0.717) is 48.0 Å². The Hall–Kier alpha value is -4.21. The van der Waals surface area contributed by atoms with Gasteiger partial charge in [-0.1, -0.05) is 0 Å². The van der Waals surface area contributed by atoms with Gasteiger partial charge in [-0.15, -0.1) is 0 Å². The van der Waals surface area contributed by atoms with Crippen LogP contribution >= 0.6 is 0 Å². The van der Waals surface area contributed by atoms with E-state index >= 15 is 0 Å². The standard InChI is InChI=1S/C23H24N6O4/c1-3-33-23(32)19-13-26-29(15(19)2)18-7-4-16(5-8-18)22(31)27-17-6-9-20(25-12-17)28-11-10-24-21(30)14-28/h4-9,12-13H,3,10-11,14H2,1-2H3,(H,24,30)(H,27,31). The zero-order valence-electron chi connectivity index (χ0n) is 18.4. The summed E-state index contributed by atoms with van der Waals surface area (Å²) in [6.07, 6.45) is 3.04. The van der Waals surface area contributed by atoms with Gasteiger partial charge in [0.2, 0.25) is 5.91 Å². The van der Waals surface area contributed by atoms with Gasteiger partial charge < -0.3 is 20.3 Å². The third-order valence-corrected chi connectivity index (χ3v) is 5.25. The molecular formula is C23H24N6O4. The van der Waals surface area contributed by atoms with Gasteiger partial charge in [0.25, 0.3) is 5.91 Å². The van der Waals surface area contributed by atoms with Crippen LogP contribution in [0.3, 0.4) is 0 Å². The van der Waals surface area contributed by atoms with Crippen molar-refractivity contribution in [1.82, 2.24) is 20.1 Å². The average molecular weight is 448 g/mol. The molecule has 2 N–H and O–H groups in total. The van der Waals surface area contributed by atoms with Gasteiger partial charge in [0, 0.05) is 18.7 Å². The number of amides is 2. The average Bonchev–Trinajstić information content (AvgIpc) is 3.21. The monoisotopic (exact) mass is 448 g/mol. The number of nitrogens with one attached hydrogen (secondary N) is 2. The van der Waals surface area contributed by atoms with Crippen molar-refractivity contribution in [2.24, 2.45) is 0 Å². The Balaban J connectivity index is 1.42. The molecule has 3 heterocycles. The van der Waals surface area contributed by atoms with Gasteiger partial charge in [-0.2, -0.15) is 5.10 Å². The molecular weight excluding hydrogens is 424 g/mol. The van der Waals surface area contributed by atoms with E-state index in [0.717, 1.165) is 5.69 Å². The van der Waals surface area contributed by atoms with E-state index in [1.807, 2.05) is 4.90 Å². The molecule has 2 amide bonds. The normalized spacial score (nSPS) is 13.4. The molecule has 0 saturated carbocycles. The third-order valence-electron chi connectivity index (χ3n) is 5.25. The number of benzene rings is 1. The predicted octanol–water partition coefficient (Wildman–Crippen LogP) is 1.94. The largest absolute Gasteiger partial charge is 0.462 e. The molecule has 1 saturated heterocycles. The molecule has 0 radical (unpaired) electrons. The number of carbonyl (C=O) groups is 3. The number of piperazine rings is 1. The van der Waals surface area contributed by atoms with Crippen LogP contribution < -0.4 is 15.5 Å². The fourth-order valence-electron chi connectivity index (χ4n) is 3.52. The summed E-state index contributed by atoms with van der Waals surface area (Å²) in [5.41, 5.74) is 2.79. The molecule has 0 aliphatic carbocycles. The van der Waals surface area contributed by atoms with Gasteiger partial charge in [-0.05, 0) is 50.2 Å². The van der Waals surface area contributed by atoms with Crippen molar-refractivity contribution in [3.63, 3.8) is 0 Å².